The Hall–Kier alpha value is -3.36. The van der Waals surface area contributed by atoms with Crippen LogP contribution in [0.4, 0.5) is 30.2 Å². The third-order valence-corrected chi connectivity index (χ3v) is 4.37. The van der Waals surface area contributed by atoms with Gasteiger partial charge >= 0.3 is 0 Å². The van der Waals surface area contributed by atoms with Crippen molar-refractivity contribution in [3.63, 3.8) is 0 Å². The van der Waals surface area contributed by atoms with Crippen LogP contribution in [0.1, 0.15) is 19.8 Å². The van der Waals surface area contributed by atoms with Crippen LogP contribution < -0.4 is 16.0 Å². The summed E-state index contributed by atoms with van der Waals surface area (Å²) in [6, 6.07) is 7.82. The quantitative estimate of drug-likeness (QED) is 0.539. The Labute approximate surface area is 158 Å². The molecular weight excluding hydrogens is 375 g/mol. The van der Waals surface area contributed by atoms with Crippen LogP contribution >= 0.6 is 0 Å². The molecule has 0 aliphatic heterocycles. The zero-order valence-corrected chi connectivity index (χ0v) is 14.7. The monoisotopic (exact) mass is 391 g/mol. The first-order valence-electron chi connectivity index (χ1n) is 8.37. The summed E-state index contributed by atoms with van der Waals surface area (Å²) >= 11 is 0. The van der Waals surface area contributed by atoms with Gasteiger partial charge in [0.1, 0.15) is 5.41 Å². The van der Waals surface area contributed by atoms with E-state index in [0.29, 0.717) is 17.4 Å². The van der Waals surface area contributed by atoms with Gasteiger partial charge in [-0.1, -0.05) is 0 Å². The van der Waals surface area contributed by atoms with Crippen LogP contribution in [0.25, 0.3) is 0 Å². The van der Waals surface area contributed by atoms with E-state index in [1.54, 1.807) is 24.3 Å². The van der Waals surface area contributed by atoms with Crippen LogP contribution in [-0.4, -0.2) is 17.7 Å². The van der Waals surface area contributed by atoms with Gasteiger partial charge in [-0.15, -0.1) is 0 Å². The Kier molecular flexibility index (Phi) is 5.08. The van der Waals surface area contributed by atoms with Crippen LogP contribution in [0, 0.1) is 22.9 Å². The van der Waals surface area contributed by atoms with Gasteiger partial charge < -0.3 is 16.0 Å². The molecule has 2 aromatic rings. The molecule has 3 amide bonds. The molecule has 0 atom stereocenters. The molecule has 146 valence electrons. The summed E-state index contributed by atoms with van der Waals surface area (Å²) in [5.74, 6) is -6.25. The normalized spacial score (nSPS) is 14.1. The smallest absolute Gasteiger partial charge is 0.240 e. The summed E-state index contributed by atoms with van der Waals surface area (Å²) in [6.45, 7) is 1.36. The van der Waals surface area contributed by atoms with E-state index in [4.69, 9.17) is 0 Å². The Bertz CT molecular complexity index is 957. The first-order valence-corrected chi connectivity index (χ1v) is 8.37. The summed E-state index contributed by atoms with van der Waals surface area (Å²) in [6.07, 6.45) is 0.472. The number of nitrogens with one attached hydrogen (secondary N) is 3. The molecule has 0 spiro atoms. The zero-order chi connectivity index (χ0) is 20.5. The van der Waals surface area contributed by atoms with Crippen LogP contribution in [0.3, 0.4) is 0 Å². The van der Waals surface area contributed by atoms with E-state index in [9.17, 15) is 27.6 Å². The fraction of sp³-hybridized carbons (Fsp3) is 0.211. The van der Waals surface area contributed by atoms with Crippen LogP contribution in [-0.2, 0) is 14.4 Å². The fourth-order valence-corrected chi connectivity index (χ4v) is 2.64. The first kappa shape index (κ1) is 19.4. The summed E-state index contributed by atoms with van der Waals surface area (Å²) in [7, 11) is 0. The second-order valence-corrected chi connectivity index (χ2v) is 6.47. The maximum atomic E-state index is 13.7. The highest BCUT2D eigenvalue weighted by atomic mass is 19.2. The molecule has 0 unspecified atom stereocenters. The second-order valence-electron chi connectivity index (χ2n) is 6.47. The lowest BCUT2D eigenvalue weighted by molar-refractivity contribution is -0.131. The van der Waals surface area contributed by atoms with E-state index in [1.165, 1.54) is 6.92 Å². The van der Waals surface area contributed by atoms with Gasteiger partial charge in [0.2, 0.25) is 17.7 Å². The summed E-state index contributed by atoms with van der Waals surface area (Å²) in [5.41, 5.74) is -1.01. The summed E-state index contributed by atoms with van der Waals surface area (Å²) in [4.78, 5) is 36.0. The van der Waals surface area contributed by atoms with Crippen molar-refractivity contribution < 1.29 is 27.6 Å². The summed E-state index contributed by atoms with van der Waals surface area (Å²) < 4.78 is 40.0. The number of amides is 3. The minimum Gasteiger partial charge on any atom is -0.326 e. The van der Waals surface area contributed by atoms with Crippen molar-refractivity contribution in [3.05, 3.63) is 53.8 Å². The predicted octanol–water partition coefficient (Wildman–Crippen LogP) is 3.42. The van der Waals surface area contributed by atoms with E-state index in [-0.39, 0.29) is 18.7 Å². The van der Waals surface area contributed by atoms with Gasteiger partial charge in [0, 0.05) is 18.3 Å². The molecule has 9 heteroatoms. The molecule has 1 saturated carbocycles. The lowest BCUT2D eigenvalue weighted by Gasteiger charge is -2.16. The standard InChI is InChI=1S/C19H16F3N3O3/c1-10(26)23-11-2-4-12(5-3-11)24-17(27)19(8-9-19)18(28)25-14-7-6-13(20)15(21)16(14)22/h2-7H,8-9H2,1H3,(H,23,26)(H,24,27)(H,25,28). The average Bonchev–Trinajstić information content (AvgIpc) is 3.45. The molecule has 0 aromatic heterocycles. The first-order chi connectivity index (χ1) is 13.2. The largest absolute Gasteiger partial charge is 0.326 e. The molecule has 0 radical (unpaired) electrons. The molecule has 28 heavy (non-hydrogen) atoms. The maximum absolute atomic E-state index is 13.7. The van der Waals surface area contributed by atoms with Crippen molar-refractivity contribution in [3.8, 4) is 0 Å². The van der Waals surface area contributed by atoms with E-state index in [0.717, 1.165) is 6.07 Å². The summed E-state index contributed by atoms with van der Waals surface area (Å²) in [5, 5.41) is 7.31. The van der Waals surface area contributed by atoms with Crippen LogP contribution in [0.15, 0.2) is 36.4 Å². The molecule has 0 heterocycles. The zero-order valence-electron chi connectivity index (χ0n) is 14.7. The Morgan fingerprint density at radius 1 is 0.786 bits per heavy atom. The molecule has 1 aliphatic rings. The molecule has 0 bridgehead atoms. The van der Waals surface area contributed by atoms with Gasteiger partial charge in [-0.2, -0.15) is 0 Å². The number of hydrogen-bond donors (Lipinski definition) is 3. The highest BCUT2D eigenvalue weighted by Crippen LogP contribution is 2.47. The van der Waals surface area contributed by atoms with Gasteiger partial charge in [0.05, 0.1) is 5.69 Å². The van der Waals surface area contributed by atoms with Crippen molar-refractivity contribution in [2.75, 3.05) is 16.0 Å². The molecular formula is C19H16F3N3O3. The SMILES string of the molecule is CC(=O)Nc1ccc(NC(=O)C2(C(=O)Nc3ccc(F)c(F)c3F)CC2)cc1. The van der Waals surface area contributed by atoms with Crippen LogP contribution in [0.2, 0.25) is 0 Å². The molecule has 3 N–H and O–H groups in total. The molecule has 2 aromatic carbocycles. The number of rotatable bonds is 5. The Morgan fingerprint density at radius 2 is 1.32 bits per heavy atom. The Morgan fingerprint density at radius 3 is 1.86 bits per heavy atom. The highest BCUT2D eigenvalue weighted by molar-refractivity contribution is 6.17. The van der Waals surface area contributed by atoms with Gasteiger partial charge in [-0.25, -0.2) is 13.2 Å². The van der Waals surface area contributed by atoms with Gasteiger partial charge in [-0.05, 0) is 49.2 Å². The van der Waals surface area contributed by atoms with Crippen molar-refractivity contribution >= 4 is 34.8 Å². The average molecular weight is 391 g/mol. The lowest BCUT2D eigenvalue weighted by atomic mass is 10.0. The van der Waals surface area contributed by atoms with E-state index in [1.807, 2.05) is 0 Å². The predicted molar refractivity (Wildman–Crippen MR) is 96.0 cm³/mol. The highest BCUT2D eigenvalue weighted by Gasteiger charge is 2.56. The topological polar surface area (TPSA) is 87.3 Å². The van der Waals surface area contributed by atoms with Crippen molar-refractivity contribution in [2.24, 2.45) is 5.41 Å². The Balaban J connectivity index is 1.69. The van der Waals surface area contributed by atoms with Crippen molar-refractivity contribution in [1.29, 1.82) is 0 Å². The number of carbonyl (C=O) groups is 3. The van der Waals surface area contributed by atoms with E-state index in [2.05, 4.69) is 16.0 Å². The fourth-order valence-electron chi connectivity index (χ4n) is 2.64. The number of anilines is 3. The van der Waals surface area contributed by atoms with Crippen molar-refractivity contribution in [1.82, 2.24) is 0 Å². The molecule has 3 rings (SSSR count). The third kappa shape index (κ3) is 3.83. The molecule has 0 saturated heterocycles. The number of hydrogen-bond acceptors (Lipinski definition) is 3. The van der Waals surface area contributed by atoms with Gasteiger partial charge in [-0.3, -0.25) is 14.4 Å². The third-order valence-electron chi connectivity index (χ3n) is 4.37. The number of halogens is 3. The lowest BCUT2D eigenvalue weighted by Crippen LogP contribution is -2.36. The van der Waals surface area contributed by atoms with Crippen molar-refractivity contribution in [2.45, 2.75) is 19.8 Å². The number of benzene rings is 2. The van der Waals surface area contributed by atoms with E-state index < -0.39 is 40.4 Å². The van der Waals surface area contributed by atoms with Gasteiger partial charge in [0.15, 0.2) is 17.5 Å². The molecule has 6 nitrogen and oxygen atoms in total. The van der Waals surface area contributed by atoms with Gasteiger partial charge in [0.25, 0.3) is 0 Å². The number of carbonyl (C=O) groups excluding carboxylic acids is 3. The van der Waals surface area contributed by atoms with Crippen LogP contribution in [0.5, 0.6) is 0 Å². The maximum Gasteiger partial charge on any atom is 0.240 e. The van der Waals surface area contributed by atoms with E-state index >= 15 is 0 Å². The minimum absolute atomic E-state index is 0.236. The molecule has 1 aliphatic carbocycles. The minimum atomic E-state index is -1.70. The molecule has 1 fully saturated rings. The second kappa shape index (κ2) is 7.34.